The van der Waals surface area contributed by atoms with Crippen molar-refractivity contribution in [2.24, 2.45) is 0 Å². The van der Waals surface area contributed by atoms with Gasteiger partial charge in [0.2, 0.25) is 5.91 Å². The van der Waals surface area contributed by atoms with Gasteiger partial charge in [0.25, 0.3) is 0 Å². The number of alkyl carbamates (subject to hydrolysis) is 1. The van der Waals surface area contributed by atoms with Crippen molar-refractivity contribution in [1.29, 1.82) is 0 Å². The fraction of sp³-hybridized carbons (Fsp3) is 0.344. The van der Waals surface area contributed by atoms with Crippen LogP contribution in [0.2, 0.25) is 0 Å². The maximum Gasteiger partial charge on any atom is 0.469 e. The fourth-order valence-corrected chi connectivity index (χ4v) is 7.76. The van der Waals surface area contributed by atoms with Crippen LogP contribution in [0.25, 0.3) is 11.1 Å². The number of benzene rings is 3. The number of nitrogens with one attached hydrogen (secondary N) is 2. The van der Waals surface area contributed by atoms with E-state index in [9.17, 15) is 24.1 Å². The number of esters is 1. The van der Waals surface area contributed by atoms with Gasteiger partial charge in [0.1, 0.15) is 19.3 Å². The SMILES string of the molecule is COC(=O)COCCc1cc(CO)ccc1SSCC(NC(=O)OCC1c2ccccc2-c2ccccc21)C(=O)NCCOP(=O)(O)O.[Fm].[Fm]. The van der Waals surface area contributed by atoms with Crippen molar-refractivity contribution in [1.82, 2.24) is 10.6 Å². The van der Waals surface area contributed by atoms with E-state index < -0.39 is 38.4 Å². The number of ether oxygens (including phenoxy) is 3. The molecule has 0 radical (unpaired) electrons. The van der Waals surface area contributed by atoms with E-state index in [2.05, 4.69) is 19.9 Å². The first-order chi connectivity index (χ1) is 23.1. The van der Waals surface area contributed by atoms with Gasteiger partial charge in [-0.1, -0.05) is 82.3 Å². The predicted molar refractivity (Wildman–Crippen MR) is 180 cm³/mol. The molecule has 1 atom stereocenters. The zero-order chi connectivity index (χ0) is 34.5. The van der Waals surface area contributed by atoms with Crippen molar-refractivity contribution < 1.29 is 52.6 Å². The molecule has 0 spiro atoms. The second-order valence-electron chi connectivity index (χ2n) is 10.5. The molecule has 0 saturated carbocycles. The second kappa shape index (κ2) is 19.6. The molecule has 5 N–H and O–H groups in total. The Morgan fingerprint density at radius 3 is 2.24 bits per heavy atom. The summed E-state index contributed by atoms with van der Waals surface area (Å²) >= 11 is 0. The molecule has 0 bridgehead atoms. The van der Waals surface area contributed by atoms with E-state index in [0.29, 0.717) is 12.0 Å². The van der Waals surface area contributed by atoms with Crippen LogP contribution >= 0.6 is 29.4 Å². The van der Waals surface area contributed by atoms with Crippen LogP contribution in [0.15, 0.2) is 71.6 Å². The zero-order valence-corrected chi connectivity index (χ0v) is 33.9. The van der Waals surface area contributed by atoms with Crippen LogP contribution in [-0.2, 0) is 45.9 Å². The van der Waals surface area contributed by atoms with E-state index in [1.54, 1.807) is 6.07 Å². The maximum atomic E-state index is 13.1. The van der Waals surface area contributed by atoms with Crippen molar-refractivity contribution in [3.63, 3.8) is 0 Å². The molecule has 3 aromatic rings. The number of aliphatic hydroxyl groups excluding tert-OH is 1. The second-order valence-corrected chi connectivity index (χ2v) is 14.1. The van der Waals surface area contributed by atoms with Gasteiger partial charge in [-0.2, -0.15) is 0 Å². The van der Waals surface area contributed by atoms with Gasteiger partial charge in [-0.15, -0.1) is 0 Å². The molecule has 4 rings (SSSR count). The molecule has 1 aliphatic carbocycles. The summed E-state index contributed by atoms with van der Waals surface area (Å²) in [5.74, 6) is -1.18. The van der Waals surface area contributed by atoms with Gasteiger partial charge in [-0.25, -0.2) is 14.2 Å². The molecule has 282 valence electrons. The summed E-state index contributed by atoms with van der Waals surface area (Å²) in [7, 11) is -0.815. The van der Waals surface area contributed by atoms with Crippen LogP contribution in [0.3, 0.4) is 0 Å². The summed E-state index contributed by atoms with van der Waals surface area (Å²) < 4.78 is 31.0. The number of phosphoric ester groups is 1. The predicted octanol–water partition coefficient (Wildman–Crippen LogP) is 3.78. The van der Waals surface area contributed by atoms with Crippen LogP contribution in [-0.4, -0.2) is 84.7 Å². The van der Waals surface area contributed by atoms with Gasteiger partial charge in [0.15, 0.2) is 0 Å². The molecule has 1 aliphatic rings. The zero-order valence-electron chi connectivity index (χ0n) is 26.6. The van der Waals surface area contributed by atoms with Gasteiger partial charge in [0, 0.05) is 23.1 Å². The van der Waals surface area contributed by atoms with Gasteiger partial charge < -0.3 is 39.7 Å². The topological polar surface area (TPSA) is 190 Å². The Labute approximate surface area is 285 Å². The number of phosphoric acid groups is 1. The number of carbonyl (C=O) groups is 3. The summed E-state index contributed by atoms with van der Waals surface area (Å²) in [5.41, 5.74) is 5.77. The van der Waals surface area contributed by atoms with Gasteiger partial charge in [-0.3, -0.25) is 9.32 Å². The Morgan fingerprint density at radius 2 is 1.62 bits per heavy atom. The summed E-state index contributed by atoms with van der Waals surface area (Å²) in [6.45, 7) is -0.716. The quantitative estimate of drug-likeness (QED) is 0.0537. The third kappa shape index (κ3) is 11.6. The van der Waals surface area contributed by atoms with E-state index in [1.165, 1.54) is 28.7 Å². The first kappa shape index (κ1) is 40.8. The van der Waals surface area contributed by atoms with E-state index in [1.807, 2.05) is 60.7 Å². The average Bonchev–Trinajstić information content (AvgIpc) is 3.40. The van der Waals surface area contributed by atoms with Crippen LogP contribution < -0.4 is 10.6 Å². The van der Waals surface area contributed by atoms with E-state index in [4.69, 9.17) is 19.3 Å². The van der Waals surface area contributed by atoms with Crippen molar-refractivity contribution in [2.75, 3.05) is 45.8 Å². The molecule has 1 unspecified atom stereocenters. The molecule has 0 heterocycles. The number of methoxy groups -OCH3 is 1. The summed E-state index contributed by atoms with van der Waals surface area (Å²) in [5, 5.41) is 14.8. The smallest absolute Gasteiger partial charge is 0.467 e. The summed E-state index contributed by atoms with van der Waals surface area (Å²) in [4.78, 5) is 56.2. The molecule has 0 fully saturated rings. The molecule has 0 saturated heterocycles. The number of fused-ring (bicyclic) bond motifs is 3. The van der Waals surface area contributed by atoms with Gasteiger partial charge >= 0.3 is 19.9 Å². The molecule has 0 aromatic heterocycles. The average molecular weight is 1230 g/mol. The minimum Gasteiger partial charge on any atom is -0.467 e. The third-order valence-corrected chi connectivity index (χ3v) is 10.3. The monoisotopic (exact) mass is 1230 g/mol. The Bertz CT molecular complexity index is 1590. The van der Waals surface area contributed by atoms with E-state index in [0.717, 1.165) is 32.7 Å². The number of rotatable bonds is 18. The van der Waals surface area contributed by atoms with Crippen LogP contribution in [0.4, 0.5) is 4.79 Å². The number of hydrogen-bond acceptors (Lipinski definition) is 11. The van der Waals surface area contributed by atoms with Crippen LogP contribution in [0, 0.1) is 0 Å². The molecular weight excluding hydrogens is 1200 g/mol. The first-order valence-corrected chi connectivity index (χ1v) is 18.7. The van der Waals surface area contributed by atoms with Crippen molar-refractivity contribution in [3.8, 4) is 11.1 Å². The Hall–Kier alpha value is -5.40. The van der Waals surface area contributed by atoms with Gasteiger partial charge in [0.05, 0.1) is 26.9 Å². The molecule has 50 heavy (non-hydrogen) atoms. The normalized spacial score (nSPS) is 12.4. The fourth-order valence-electron chi connectivity index (χ4n) is 5.00. The number of amides is 2. The Kier molecular flexibility index (Phi) is 16.0. The third-order valence-electron chi connectivity index (χ3n) is 7.27. The Morgan fingerprint density at radius 1 is 0.960 bits per heavy atom. The first-order valence-electron chi connectivity index (χ1n) is 14.9. The molecular formula is C32H37Fm2N2O11PS2. The molecule has 18 heteroatoms. The number of carbonyl (C=O) groups excluding carboxylic acids is 3. The Balaban J connectivity index is 0.00000433. The van der Waals surface area contributed by atoms with Crippen LogP contribution in [0.1, 0.15) is 28.2 Å². The van der Waals surface area contributed by atoms with Gasteiger partial charge in [-0.05, 0) is 45.9 Å². The molecule has 0 aliphatic heterocycles. The molecule has 2 amide bonds. The van der Waals surface area contributed by atoms with Crippen molar-refractivity contribution >= 4 is 47.4 Å². The minimum absolute atomic E-state index is 0. The molecule has 3 aromatic carbocycles. The minimum atomic E-state index is -4.71. The van der Waals surface area contributed by atoms with Crippen molar-refractivity contribution in [2.45, 2.75) is 29.9 Å². The van der Waals surface area contributed by atoms with E-state index >= 15 is 0 Å². The van der Waals surface area contributed by atoms with Crippen LogP contribution in [0.5, 0.6) is 0 Å². The van der Waals surface area contributed by atoms with Crippen molar-refractivity contribution in [3.05, 3.63) is 89.0 Å². The maximum absolute atomic E-state index is 13.1. The number of hydrogen-bond donors (Lipinski definition) is 5. The largest absolute Gasteiger partial charge is 0.469 e. The standard InChI is InChI=1S/C32H37N2O11PS2.2Fm/c1-42-30(36)19-43-14-12-22-16-21(17-35)10-11-29(22)48-47-20-28(31(37)33-13-15-45-46(39,40)41)34-32(38)44-18-27-25-8-4-2-6-23(25)24-7-3-5-9-26(24)27;;/h2-11,16,27-28,35H,12-15,17-20H2,1H3,(H,33,37)(H,34,38)(H2,39,40,41);;. The van der Waals surface area contributed by atoms with E-state index in [-0.39, 0.29) is 44.6 Å². The summed E-state index contributed by atoms with van der Waals surface area (Å²) in [6, 6.07) is 20.2. The molecule has 13 nitrogen and oxygen atoms in total. The number of aliphatic hydroxyl groups is 1. The summed E-state index contributed by atoms with van der Waals surface area (Å²) in [6.07, 6.45) is -0.361.